The van der Waals surface area contributed by atoms with Crippen molar-refractivity contribution in [3.8, 4) is 0 Å². The summed E-state index contributed by atoms with van der Waals surface area (Å²) in [6, 6.07) is 2.95. The number of alkyl halides is 3. The molecule has 1 atom stereocenters. The minimum atomic E-state index is -4.22. The number of hydrogen-bond acceptors (Lipinski definition) is 2. The fourth-order valence-corrected chi connectivity index (χ4v) is 2.69. The molecule has 148 valence electrons. The van der Waals surface area contributed by atoms with E-state index in [1.54, 1.807) is 0 Å². The molecule has 2 N–H and O–H groups in total. The first kappa shape index (κ1) is 22.9. The summed E-state index contributed by atoms with van der Waals surface area (Å²) in [5.74, 6) is -0.744. The quantitative estimate of drug-likeness (QED) is 0.287. The fourth-order valence-electron chi connectivity index (χ4n) is 2.69. The molecule has 0 radical (unpaired) electrons. The molecule has 1 aromatic rings. The third-order valence-electron chi connectivity index (χ3n) is 3.78. The number of rotatable bonds is 5. The molecule has 1 aromatic carbocycles. The zero-order valence-corrected chi connectivity index (χ0v) is 16.6. The molecule has 26 heavy (non-hydrogen) atoms. The Hall–Kier alpha value is -1.17. The van der Waals surface area contributed by atoms with E-state index in [1.165, 1.54) is 4.90 Å². The predicted octanol–water partition coefficient (Wildman–Crippen LogP) is 3.27. The van der Waals surface area contributed by atoms with Gasteiger partial charge in [0.25, 0.3) is 0 Å². The monoisotopic (exact) mass is 492 g/mol. The van der Waals surface area contributed by atoms with E-state index in [2.05, 4.69) is 15.6 Å². The van der Waals surface area contributed by atoms with Crippen molar-refractivity contribution in [3.05, 3.63) is 35.4 Å². The van der Waals surface area contributed by atoms with Gasteiger partial charge in [-0.15, -0.1) is 24.0 Å². The Morgan fingerprint density at radius 2 is 2.04 bits per heavy atom. The van der Waals surface area contributed by atoms with Gasteiger partial charge < -0.3 is 10.6 Å². The maximum Gasteiger partial charge on any atom is 0.401 e. The van der Waals surface area contributed by atoms with E-state index in [9.17, 15) is 22.0 Å². The topological polar surface area (TPSA) is 39.7 Å². The highest BCUT2D eigenvalue weighted by molar-refractivity contribution is 14.0. The highest BCUT2D eigenvalue weighted by atomic mass is 127. The highest BCUT2D eigenvalue weighted by Crippen LogP contribution is 2.20. The molecular formula is C16H22F5IN4. The smallest absolute Gasteiger partial charge is 0.357 e. The van der Waals surface area contributed by atoms with E-state index in [1.807, 2.05) is 6.92 Å². The Morgan fingerprint density at radius 3 is 2.69 bits per heavy atom. The average molecular weight is 492 g/mol. The molecule has 1 saturated heterocycles. The van der Waals surface area contributed by atoms with Crippen molar-refractivity contribution in [3.63, 3.8) is 0 Å². The van der Waals surface area contributed by atoms with Crippen LogP contribution in [0.5, 0.6) is 0 Å². The van der Waals surface area contributed by atoms with Crippen molar-refractivity contribution < 1.29 is 22.0 Å². The number of hydrogen-bond donors (Lipinski definition) is 2. The molecule has 1 unspecified atom stereocenters. The first-order chi connectivity index (χ1) is 11.8. The summed E-state index contributed by atoms with van der Waals surface area (Å²) < 4.78 is 64.1. The number of nitrogens with zero attached hydrogens (tertiary/aromatic N) is 2. The SMILES string of the molecule is CCNC(=NCc1cc(F)ccc1F)NC1CCN(CC(F)(F)F)C1.I. The summed E-state index contributed by atoms with van der Waals surface area (Å²) >= 11 is 0. The number of halogens is 6. The summed E-state index contributed by atoms with van der Waals surface area (Å²) in [6.07, 6.45) is -3.67. The van der Waals surface area contributed by atoms with Crippen molar-refractivity contribution in [1.82, 2.24) is 15.5 Å². The molecule has 2 rings (SSSR count). The van der Waals surface area contributed by atoms with Gasteiger partial charge in [-0.1, -0.05) is 0 Å². The molecule has 0 spiro atoms. The van der Waals surface area contributed by atoms with Gasteiger partial charge in [-0.2, -0.15) is 13.2 Å². The summed E-state index contributed by atoms with van der Waals surface area (Å²) in [5, 5.41) is 6.01. The van der Waals surface area contributed by atoms with Crippen LogP contribution in [0.15, 0.2) is 23.2 Å². The molecule has 0 aliphatic carbocycles. The van der Waals surface area contributed by atoms with Crippen LogP contribution >= 0.6 is 24.0 Å². The third kappa shape index (κ3) is 7.60. The van der Waals surface area contributed by atoms with E-state index in [-0.39, 0.29) is 48.7 Å². The highest BCUT2D eigenvalue weighted by Gasteiger charge is 2.34. The van der Waals surface area contributed by atoms with Crippen LogP contribution < -0.4 is 10.6 Å². The first-order valence-corrected chi connectivity index (χ1v) is 8.04. The first-order valence-electron chi connectivity index (χ1n) is 8.04. The second kappa shape index (κ2) is 10.2. The molecule has 0 saturated carbocycles. The molecule has 4 nitrogen and oxygen atoms in total. The van der Waals surface area contributed by atoms with Crippen molar-refractivity contribution in [2.24, 2.45) is 4.99 Å². The number of guanidine groups is 1. The van der Waals surface area contributed by atoms with Gasteiger partial charge in [-0.25, -0.2) is 13.8 Å². The van der Waals surface area contributed by atoms with Gasteiger partial charge in [0.15, 0.2) is 5.96 Å². The van der Waals surface area contributed by atoms with E-state index in [0.29, 0.717) is 25.5 Å². The third-order valence-corrected chi connectivity index (χ3v) is 3.78. The normalized spacial score (nSPS) is 18.5. The van der Waals surface area contributed by atoms with Crippen LogP contribution in [0.4, 0.5) is 22.0 Å². The largest absolute Gasteiger partial charge is 0.401 e. The summed E-state index contributed by atoms with van der Waals surface area (Å²) in [5.41, 5.74) is 0.113. The van der Waals surface area contributed by atoms with Gasteiger partial charge in [0.1, 0.15) is 11.6 Å². The summed E-state index contributed by atoms with van der Waals surface area (Å²) in [6.45, 7) is 1.96. The predicted molar refractivity (Wildman–Crippen MR) is 101 cm³/mol. The molecule has 0 amide bonds. The Bertz CT molecular complexity index is 609. The number of benzene rings is 1. The number of nitrogens with one attached hydrogen (secondary N) is 2. The molecule has 1 heterocycles. The molecule has 1 aliphatic heterocycles. The number of aliphatic imine (C=N–C) groups is 1. The molecule has 0 bridgehead atoms. The Kier molecular flexibility index (Phi) is 9.01. The lowest BCUT2D eigenvalue weighted by Gasteiger charge is -2.19. The maximum atomic E-state index is 13.6. The Balaban J connectivity index is 0.00000338. The lowest BCUT2D eigenvalue weighted by atomic mass is 10.2. The molecule has 10 heteroatoms. The average Bonchev–Trinajstić information content (AvgIpc) is 2.93. The zero-order valence-electron chi connectivity index (χ0n) is 14.2. The summed E-state index contributed by atoms with van der Waals surface area (Å²) in [4.78, 5) is 5.52. The van der Waals surface area contributed by atoms with Crippen molar-refractivity contribution in [2.45, 2.75) is 32.1 Å². The molecular weight excluding hydrogens is 470 g/mol. The Labute approximate surface area is 166 Å². The van der Waals surface area contributed by atoms with Crippen LogP contribution in [-0.4, -0.2) is 49.3 Å². The van der Waals surface area contributed by atoms with Crippen molar-refractivity contribution >= 4 is 29.9 Å². The second-order valence-corrected chi connectivity index (χ2v) is 5.91. The van der Waals surface area contributed by atoms with E-state index < -0.39 is 24.4 Å². The van der Waals surface area contributed by atoms with Gasteiger partial charge in [0, 0.05) is 31.2 Å². The van der Waals surface area contributed by atoms with E-state index in [4.69, 9.17) is 0 Å². The maximum absolute atomic E-state index is 13.6. The van der Waals surface area contributed by atoms with Crippen LogP contribution in [0.1, 0.15) is 18.9 Å². The van der Waals surface area contributed by atoms with Gasteiger partial charge in [-0.05, 0) is 31.5 Å². The minimum Gasteiger partial charge on any atom is -0.357 e. The van der Waals surface area contributed by atoms with Crippen molar-refractivity contribution in [1.29, 1.82) is 0 Å². The van der Waals surface area contributed by atoms with E-state index >= 15 is 0 Å². The van der Waals surface area contributed by atoms with Crippen LogP contribution in [0.2, 0.25) is 0 Å². The minimum absolute atomic E-state index is 0. The van der Waals surface area contributed by atoms with Gasteiger partial charge in [-0.3, -0.25) is 4.90 Å². The number of likely N-dealkylation sites (tertiary alicyclic amines) is 1. The Morgan fingerprint density at radius 1 is 1.31 bits per heavy atom. The fraction of sp³-hybridized carbons (Fsp3) is 0.562. The van der Waals surface area contributed by atoms with E-state index in [0.717, 1.165) is 18.2 Å². The zero-order chi connectivity index (χ0) is 18.4. The molecule has 1 fully saturated rings. The molecule has 0 aromatic heterocycles. The van der Waals surface area contributed by atoms with Crippen LogP contribution in [0, 0.1) is 11.6 Å². The standard InChI is InChI=1S/C16H21F5N4.HI/c1-2-22-15(23-8-11-7-12(17)3-4-14(11)18)24-13-5-6-25(9-13)10-16(19,20)21;/h3-4,7,13H,2,5-6,8-10H2,1H3,(H2,22,23,24);1H. The van der Waals surface area contributed by atoms with Crippen LogP contribution in [0.25, 0.3) is 0 Å². The summed E-state index contributed by atoms with van der Waals surface area (Å²) in [7, 11) is 0. The molecule has 1 aliphatic rings. The second-order valence-electron chi connectivity index (χ2n) is 5.91. The van der Waals surface area contributed by atoms with Crippen LogP contribution in [0.3, 0.4) is 0 Å². The van der Waals surface area contributed by atoms with Gasteiger partial charge >= 0.3 is 6.18 Å². The lowest BCUT2D eigenvalue weighted by molar-refractivity contribution is -0.143. The van der Waals surface area contributed by atoms with Gasteiger partial charge in [0.2, 0.25) is 0 Å². The van der Waals surface area contributed by atoms with Gasteiger partial charge in [0.05, 0.1) is 13.1 Å². The van der Waals surface area contributed by atoms with Crippen molar-refractivity contribution in [2.75, 3.05) is 26.2 Å². The van der Waals surface area contributed by atoms with Crippen LogP contribution in [-0.2, 0) is 6.54 Å². The lowest BCUT2D eigenvalue weighted by Crippen LogP contribution is -2.45.